The summed E-state index contributed by atoms with van der Waals surface area (Å²) in [7, 11) is 0. The molecule has 1 rings (SSSR count). The van der Waals surface area contributed by atoms with E-state index in [4.69, 9.17) is 9.84 Å². The number of benzene rings is 1. The number of ether oxygens (including phenoxy) is 1. The summed E-state index contributed by atoms with van der Waals surface area (Å²) in [5, 5.41) is 12.2. The van der Waals surface area contributed by atoms with E-state index in [1.807, 2.05) is 0 Å². The number of halogens is 2. The lowest BCUT2D eigenvalue weighted by atomic mass is 10.2. The molecule has 3 nitrogen and oxygen atoms in total. The van der Waals surface area contributed by atoms with Crippen LogP contribution in [0.4, 0.5) is 0 Å². The van der Waals surface area contributed by atoms with Gasteiger partial charge in [-0.15, -0.1) is 0 Å². The van der Waals surface area contributed by atoms with E-state index in [1.165, 1.54) is 5.56 Å². The molecule has 0 spiro atoms. The maximum atomic E-state index is 8.76. The van der Waals surface area contributed by atoms with Crippen LogP contribution < -0.4 is 10.1 Å². The topological polar surface area (TPSA) is 41.5 Å². The number of hydrogen-bond donors (Lipinski definition) is 2. The summed E-state index contributed by atoms with van der Waals surface area (Å²) in [5.41, 5.74) is 1.20. The van der Waals surface area contributed by atoms with E-state index in [0.29, 0.717) is 18.9 Å². The number of aliphatic hydroxyl groups is 1. The molecule has 0 saturated heterocycles. The zero-order valence-corrected chi connectivity index (χ0v) is 14.6. The zero-order valence-electron chi connectivity index (χ0n) is 11.4. The average Bonchev–Trinajstić information content (AvgIpc) is 2.32. The van der Waals surface area contributed by atoms with Crippen molar-refractivity contribution in [2.24, 2.45) is 5.92 Å². The summed E-state index contributed by atoms with van der Waals surface area (Å²) in [6.45, 7) is 6.88. The summed E-state index contributed by atoms with van der Waals surface area (Å²) in [6, 6.07) is 4.12. The smallest absolute Gasteiger partial charge is 0.147 e. The zero-order chi connectivity index (χ0) is 14.3. The minimum atomic E-state index is 0.145. The molecule has 0 aromatic heterocycles. The maximum Gasteiger partial charge on any atom is 0.147 e. The number of aliphatic hydroxyl groups excluding tert-OH is 1. The van der Waals surface area contributed by atoms with Crippen LogP contribution in [-0.2, 0) is 6.54 Å². The monoisotopic (exact) mass is 393 g/mol. The van der Waals surface area contributed by atoms with Gasteiger partial charge in [-0.3, -0.25) is 0 Å². The molecule has 1 aromatic carbocycles. The van der Waals surface area contributed by atoms with Crippen LogP contribution in [0.5, 0.6) is 5.75 Å². The van der Waals surface area contributed by atoms with Gasteiger partial charge in [0, 0.05) is 19.6 Å². The van der Waals surface area contributed by atoms with Gasteiger partial charge in [0.1, 0.15) is 5.75 Å². The highest BCUT2D eigenvalue weighted by Gasteiger charge is 2.09. The van der Waals surface area contributed by atoms with Crippen molar-refractivity contribution in [3.05, 3.63) is 26.6 Å². The van der Waals surface area contributed by atoms with Gasteiger partial charge in [-0.1, -0.05) is 13.8 Å². The Morgan fingerprint density at radius 1 is 1.26 bits per heavy atom. The van der Waals surface area contributed by atoms with Gasteiger partial charge in [-0.2, -0.15) is 0 Å². The first-order valence-electron chi connectivity index (χ1n) is 6.47. The Bertz CT molecular complexity index is 374. The fourth-order valence-corrected chi connectivity index (χ4v) is 3.11. The molecule has 0 amide bonds. The van der Waals surface area contributed by atoms with Crippen LogP contribution >= 0.6 is 31.9 Å². The number of hydrogen-bond acceptors (Lipinski definition) is 3. The quantitative estimate of drug-likeness (QED) is 0.660. The highest BCUT2D eigenvalue weighted by molar-refractivity contribution is 9.11. The van der Waals surface area contributed by atoms with Gasteiger partial charge < -0.3 is 15.2 Å². The largest absolute Gasteiger partial charge is 0.491 e. The molecule has 5 heteroatoms. The Labute approximate surface area is 132 Å². The van der Waals surface area contributed by atoms with E-state index in [-0.39, 0.29) is 6.61 Å². The van der Waals surface area contributed by atoms with Crippen molar-refractivity contribution in [3.63, 3.8) is 0 Å². The molecule has 108 valence electrons. The van der Waals surface area contributed by atoms with Gasteiger partial charge in [-0.25, -0.2) is 0 Å². The van der Waals surface area contributed by atoms with Crippen LogP contribution in [0, 0.1) is 5.92 Å². The molecule has 0 unspecified atom stereocenters. The third-order valence-corrected chi connectivity index (χ3v) is 3.67. The molecule has 0 fully saturated rings. The van der Waals surface area contributed by atoms with Crippen molar-refractivity contribution in [2.45, 2.75) is 26.8 Å². The maximum absolute atomic E-state index is 8.76. The van der Waals surface area contributed by atoms with Crippen molar-refractivity contribution < 1.29 is 9.84 Å². The van der Waals surface area contributed by atoms with Crippen LogP contribution in [0.2, 0.25) is 0 Å². The van der Waals surface area contributed by atoms with Crippen molar-refractivity contribution >= 4 is 31.9 Å². The highest BCUT2D eigenvalue weighted by Crippen LogP contribution is 2.34. The predicted octanol–water partition coefficient (Wildman–Crippen LogP) is 3.72. The van der Waals surface area contributed by atoms with E-state index in [1.54, 1.807) is 0 Å². The standard InChI is InChI=1S/C14H21Br2NO2/c1-10(2)8-17-9-11-6-12(15)14(13(16)7-11)19-5-3-4-18/h6-7,10,17-18H,3-5,8-9H2,1-2H3. The SMILES string of the molecule is CC(C)CNCc1cc(Br)c(OCCCO)c(Br)c1. The van der Waals surface area contributed by atoms with E-state index >= 15 is 0 Å². The fourth-order valence-electron chi connectivity index (χ4n) is 1.60. The van der Waals surface area contributed by atoms with Crippen molar-refractivity contribution in [1.82, 2.24) is 5.32 Å². The van der Waals surface area contributed by atoms with E-state index in [9.17, 15) is 0 Å². The second-order valence-corrected chi connectivity index (χ2v) is 6.55. The molecule has 2 N–H and O–H groups in total. The number of rotatable bonds is 8. The molecule has 0 bridgehead atoms. The molecule has 1 aromatic rings. The summed E-state index contributed by atoms with van der Waals surface area (Å²) in [6.07, 6.45) is 0.635. The van der Waals surface area contributed by atoms with Crippen LogP contribution in [0.3, 0.4) is 0 Å². The Balaban J connectivity index is 2.62. The van der Waals surface area contributed by atoms with Crippen LogP contribution in [0.1, 0.15) is 25.8 Å². The van der Waals surface area contributed by atoms with E-state index < -0.39 is 0 Å². The lowest BCUT2D eigenvalue weighted by Gasteiger charge is -2.13. The van der Waals surface area contributed by atoms with E-state index in [0.717, 1.165) is 27.8 Å². The molecule has 0 aliphatic carbocycles. The Kier molecular flexibility index (Phi) is 7.99. The molecule has 0 atom stereocenters. The van der Waals surface area contributed by atoms with Crippen LogP contribution in [-0.4, -0.2) is 24.9 Å². The van der Waals surface area contributed by atoms with Crippen LogP contribution in [0.25, 0.3) is 0 Å². The van der Waals surface area contributed by atoms with Crippen molar-refractivity contribution in [1.29, 1.82) is 0 Å². The second kappa shape index (κ2) is 8.95. The summed E-state index contributed by atoms with van der Waals surface area (Å²) in [5.74, 6) is 1.44. The number of nitrogens with one attached hydrogen (secondary N) is 1. The highest BCUT2D eigenvalue weighted by atomic mass is 79.9. The molecule has 0 aliphatic rings. The molecule has 19 heavy (non-hydrogen) atoms. The van der Waals surface area contributed by atoms with Gasteiger partial charge in [-0.05, 0) is 62.0 Å². The van der Waals surface area contributed by atoms with E-state index in [2.05, 4.69) is 63.2 Å². The average molecular weight is 395 g/mol. The first-order valence-corrected chi connectivity index (χ1v) is 8.05. The lowest BCUT2D eigenvalue weighted by Crippen LogP contribution is -2.19. The summed E-state index contributed by atoms with van der Waals surface area (Å²) in [4.78, 5) is 0. The molecule has 0 saturated carbocycles. The fraction of sp³-hybridized carbons (Fsp3) is 0.571. The second-order valence-electron chi connectivity index (χ2n) is 4.84. The normalized spacial score (nSPS) is 11.1. The van der Waals surface area contributed by atoms with Crippen molar-refractivity contribution in [3.8, 4) is 5.75 Å². The molecular weight excluding hydrogens is 374 g/mol. The first-order chi connectivity index (χ1) is 9.04. The minimum Gasteiger partial charge on any atom is -0.491 e. The van der Waals surface area contributed by atoms with Gasteiger partial charge >= 0.3 is 0 Å². The van der Waals surface area contributed by atoms with Gasteiger partial charge in [0.15, 0.2) is 0 Å². The van der Waals surface area contributed by atoms with Gasteiger partial charge in [0.05, 0.1) is 15.6 Å². The summed E-state index contributed by atoms with van der Waals surface area (Å²) < 4.78 is 7.49. The third-order valence-electron chi connectivity index (χ3n) is 2.49. The molecule has 0 aliphatic heterocycles. The van der Waals surface area contributed by atoms with Crippen LogP contribution in [0.15, 0.2) is 21.1 Å². The van der Waals surface area contributed by atoms with Gasteiger partial charge in [0.2, 0.25) is 0 Å². The lowest BCUT2D eigenvalue weighted by molar-refractivity contribution is 0.232. The van der Waals surface area contributed by atoms with Gasteiger partial charge in [0.25, 0.3) is 0 Å². The molecule has 0 radical (unpaired) electrons. The Hall–Kier alpha value is -0.100. The summed E-state index contributed by atoms with van der Waals surface area (Å²) >= 11 is 7.05. The Morgan fingerprint density at radius 3 is 2.42 bits per heavy atom. The third kappa shape index (κ3) is 6.25. The predicted molar refractivity (Wildman–Crippen MR) is 85.6 cm³/mol. The van der Waals surface area contributed by atoms with Crippen molar-refractivity contribution in [2.75, 3.05) is 19.8 Å². The molecular formula is C14H21Br2NO2. The first kappa shape index (κ1) is 17.0. The molecule has 0 heterocycles. The minimum absolute atomic E-state index is 0.145. The Morgan fingerprint density at radius 2 is 1.89 bits per heavy atom.